The van der Waals surface area contributed by atoms with E-state index in [1.807, 2.05) is 28.0 Å². The van der Waals surface area contributed by atoms with E-state index in [1.54, 1.807) is 6.92 Å². The Morgan fingerprint density at radius 2 is 1.58 bits per heavy atom. The molecule has 0 bridgehead atoms. The minimum atomic E-state index is -0.151. The molecule has 2 aliphatic rings. The van der Waals surface area contributed by atoms with Crippen molar-refractivity contribution in [3.05, 3.63) is 70.8 Å². The van der Waals surface area contributed by atoms with E-state index in [9.17, 15) is 9.59 Å². The van der Waals surface area contributed by atoms with Crippen molar-refractivity contribution in [1.82, 2.24) is 9.80 Å². The fourth-order valence-corrected chi connectivity index (χ4v) is 4.25. The minimum absolute atomic E-state index is 0.0429. The Kier molecular flexibility index (Phi) is 4.49. The van der Waals surface area contributed by atoms with Gasteiger partial charge in [0.1, 0.15) is 0 Å². The Hall–Kier alpha value is -2.62. The number of benzene rings is 2. The molecule has 0 fully saturated rings. The van der Waals surface area contributed by atoms with Crippen molar-refractivity contribution in [3.8, 4) is 0 Å². The highest BCUT2D eigenvalue weighted by molar-refractivity contribution is 5.80. The van der Waals surface area contributed by atoms with Gasteiger partial charge in [-0.15, -0.1) is 0 Å². The maximum Gasteiger partial charge on any atom is 0.225 e. The lowest BCUT2D eigenvalue weighted by molar-refractivity contribution is -0.137. The first-order valence-electron chi connectivity index (χ1n) is 9.33. The standard InChI is InChI=1S/C22H24N2O2/c1-16(25)24-13-11-18-7-4-5-9-20(18)21(24)14-22(26)23-12-10-17-6-2-3-8-19(17)15-23/h2-9,21H,10-15H2,1H3/t21-/m0/s1. The molecule has 4 heteroatoms. The number of amides is 2. The second-order valence-corrected chi connectivity index (χ2v) is 7.22. The first kappa shape index (κ1) is 16.8. The third-order valence-corrected chi connectivity index (χ3v) is 5.67. The third kappa shape index (κ3) is 3.12. The molecule has 2 aromatic carbocycles. The number of fused-ring (bicyclic) bond motifs is 2. The van der Waals surface area contributed by atoms with Gasteiger partial charge in [-0.1, -0.05) is 48.5 Å². The Bertz CT molecular complexity index is 846. The van der Waals surface area contributed by atoms with Crippen molar-refractivity contribution in [2.75, 3.05) is 13.1 Å². The Balaban J connectivity index is 1.55. The number of nitrogens with zero attached hydrogens (tertiary/aromatic N) is 2. The monoisotopic (exact) mass is 348 g/mol. The van der Waals surface area contributed by atoms with E-state index in [2.05, 4.69) is 30.3 Å². The molecule has 134 valence electrons. The van der Waals surface area contributed by atoms with Gasteiger partial charge < -0.3 is 9.80 Å². The first-order valence-corrected chi connectivity index (χ1v) is 9.33. The SMILES string of the molecule is CC(=O)N1CCc2ccccc2[C@@H]1CC(=O)N1CCc2ccccc2C1. The van der Waals surface area contributed by atoms with Crippen molar-refractivity contribution >= 4 is 11.8 Å². The predicted octanol–water partition coefficient (Wildman–Crippen LogP) is 3.11. The van der Waals surface area contributed by atoms with Crippen LogP contribution < -0.4 is 0 Å². The van der Waals surface area contributed by atoms with E-state index < -0.39 is 0 Å². The number of carbonyl (C=O) groups excluding carboxylic acids is 2. The average Bonchev–Trinajstić information content (AvgIpc) is 2.67. The molecule has 26 heavy (non-hydrogen) atoms. The minimum Gasteiger partial charge on any atom is -0.338 e. The van der Waals surface area contributed by atoms with E-state index in [0.29, 0.717) is 19.5 Å². The molecule has 2 heterocycles. The Morgan fingerprint density at radius 3 is 2.35 bits per heavy atom. The molecule has 0 N–H and O–H groups in total. The molecule has 2 aromatic rings. The van der Waals surface area contributed by atoms with Gasteiger partial charge in [0.2, 0.25) is 11.8 Å². The fourth-order valence-electron chi connectivity index (χ4n) is 4.25. The molecule has 4 nitrogen and oxygen atoms in total. The van der Waals surface area contributed by atoms with Crippen LogP contribution in [0.5, 0.6) is 0 Å². The zero-order valence-corrected chi connectivity index (χ0v) is 15.1. The number of hydrogen-bond acceptors (Lipinski definition) is 2. The quantitative estimate of drug-likeness (QED) is 0.837. The molecule has 1 atom stereocenters. The highest BCUT2D eigenvalue weighted by Gasteiger charge is 2.32. The topological polar surface area (TPSA) is 40.6 Å². The summed E-state index contributed by atoms with van der Waals surface area (Å²) in [5.41, 5.74) is 4.95. The van der Waals surface area contributed by atoms with Crippen molar-refractivity contribution in [3.63, 3.8) is 0 Å². The van der Waals surface area contributed by atoms with E-state index in [4.69, 9.17) is 0 Å². The number of rotatable bonds is 2. The first-order chi connectivity index (χ1) is 12.6. The average molecular weight is 348 g/mol. The Labute approximate surface area is 154 Å². The van der Waals surface area contributed by atoms with Crippen LogP contribution in [0.15, 0.2) is 48.5 Å². The van der Waals surface area contributed by atoms with Gasteiger partial charge in [0.05, 0.1) is 12.5 Å². The Morgan fingerprint density at radius 1 is 0.923 bits per heavy atom. The summed E-state index contributed by atoms with van der Waals surface area (Å²) in [6, 6.07) is 16.4. The molecule has 2 amide bonds. The summed E-state index contributed by atoms with van der Waals surface area (Å²) < 4.78 is 0. The zero-order chi connectivity index (χ0) is 18.1. The maximum atomic E-state index is 13.0. The lowest BCUT2D eigenvalue weighted by Crippen LogP contribution is -2.43. The van der Waals surface area contributed by atoms with Crippen LogP contribution in [0.2, 0.25) is 0 Å². The van der Waals surface area contributed by atoms with Gasteiger partial charge in [-0.3, -0.25) is 9.59 Å². The molecule has 0 radical (unpaired) electrons. The summed E-state index contributed by atoms with van der Waals surface area (Å²) in [7, 11) is 0. The van der Waals surface area contributed by atoms with Crippen LogP contribution >= 0.6 is 0 Å². The highest BCUT2D eigenvalue weighted by atomic mass is 16.2. The lowest BCUT2D eigenvalue weighted by atomic mass is 9.90. The van der Waals surface area contributed by atoms with Gasteiger partial charge in [-0.2, -0.15) is 0 Å². The number of hydrogen-bond donors (Lipinski definition) is 0. The van der Waals surface area contributed by atoms with Crippen LogP contribution in [0.3, 0.4) is 0 Å². The molecule has 0 aromatic heterocycles. The van der Waals surface area contributed by atoms with E-state index >= 15 is 0 Å². The maximum absolute atomic E-state index is 13.0. The highest BCUT2D eigenvalue weighted by Crippen LogP contribution is 2.33. The van der Waals surface area contributed by atoms with Crippen LogP contribution in [0.1, 0.15) is 41.6 Å². The molecule has 0 aliphatic carbocycles. The smallest absolute Gasteiger partial charge is 0.225 e. The van der Waals surface area contributed by atoms with Crippen LogP contribution in [0, 0.1) is 0 Å². The normalized spacial score (nSPS) is 18.9. The molecule has 0 saturated carbocycles. The summed E-state index contributed by atoms with van der Waals surface area (Å²) in [5, 5.41) is 0. The van der Waals surface area contributed by atoms with Crippen LogP contribution in [-0.4, -0.2) is 34.7 Å². The van der Waals surface area contributed by atoms with Gasteiger partial charge in [-0.05, 0) is 35.1 Å². The van der Waals surface area contributed by atoms with Crippen LogP contribution in [-0.2, 0) is 29.0 Å². The third-order valence-electron chi connectivity index (χ3n) is 5.67. The summed E-state index contributed by atoms with van der Waals surface area (Å²) >= 11 is 0. The van der Waals surface area contributed by atoms with Gasteiger partial charge in [0.15, 0.2) is 0 Å². The zero-order valence-electron chi connectivity index (χ0n) is 15.1. The van der Waals surface area contributed by atoms with Crippen LogP contribution in [0.4, 0.5) is 0 Å². The molecule has 4 rings (SSSR count). The molecular formula is C22H24N2O2. The fraction of sp³-hybridized carbons (Fsp3) is 0.364. The summed E-state index contributed by atoms with van der Waals surface area (Å²) in [6.07, 6.45) is 2.12. The van der Waals surface area contributed by atoms with Crippen molar-refractivity contribution in [2.24, 2.45) is 0 Å². The summed E-state index contributed by atoms with van der Waals surface area (Å²) in [5.74, 6) is 0.175. The summed E-state index contributed by atoms with van der Waals surface area (Å²) in [6.45, 7) is 3.71. The predicted molar refractivity (Wildman–Crippen MR) is 100 cm³/mol. The molecule has 0 saturated heterocycles. The van der Waals surface area contributed by atoms with Gasteiger partial charge in [-0.25, -0.2) is 0 Å². The van der Waals surface area contributed by atoms with E-state index in [0.717, 1.165) is 24.9 Å². The van der Waals surface area contributed by atoms with Gasteiger partial charge in [0.25, 0.3) is 0 Å². The van der Waals surface area contributed by atoms with Crippen molar-refractivity contribution in [2.45, 2.75) is 38.8 Å². The molecule has 0 spiro atoms. The molecular weight excluding hydrogens is 324 g/mol. The van der Waals surface area contributed by atoms with Gasteiger partial charge in [0, 0.05) is 26.6 Å². The largest absolute Gasteiger partial charge is 0.338 e. The van der Waals surface area contributed by atoms with Crippen molar-refractivity contribution in [1.29, 1.82) is 0 Å². The van der Waals surface area contributed by atoms with Gasteiger partial charge >= 0.3 is 0 Å². The van der Waals surface area contributed by atoms with Crippen molar-refractivity contribution < 1.29 is 9.59 Å². The second-order valence-electron chi connectivity index (χ2n) is 7.22. The number of carbonyl (C=O) groups is 2. The van der Waals surface area contributed by atoms with E-state index in [1.165, 1.54) is 16.7 Å². The molecule has 0 unspecified atom stereocenters. The van der Waals surface area contributed by atoms with E-state index in [-0.39, 0.29) is 17.9 Å². The second kappa shape index (κ2) is 6.94. The van der Waals surface area contributed by atoms with Crippen LogP contribution in [0.25, 0.3) is 0 Å². The molecule has 2 aliphatic heterocycles. The summed E-state index contributed by atoms with van der Waals surface area (Å²) in [4.78, 5) is 29.0. The lowest BCUT2D eigenvalue weighted by Gasteiger charge is -2.38.